The zero-order valence-electron chi connectivity index (χ0n) is 8.50. The third-order valence-electron chi connectivity index (χ3n) is 1.69. The molecule has 1 N–H and O–H groups in total. The molecule has 0 spiro atoms. The molecule has 0 unspecified atom stereocenters. The molecule has 74 valence electrons. The average molecular weight is 190 g/mol. The van der Waals surface area contributed by atoms with Crippen LogP contribution in [0.15, 0.2) is 18.3 Å². The minimum atomic E-state index is 0.587. The van der Waals surface area contributed by atoms with Crippen molar-refractivity contribution in [3.63, 3.8) is 0 Å². The fourth-order valence-corrected chi connectivity index (χ4v) is 0.994. The number of nitrogens with zero attached hydrogens (tertiary/aromatic N) is 1. The topological polar surface area (TPSA) is 34.2 Å². The Labute approximate surface area is 84.5 Å². The standard InChI is InChI=1S/C11H14N2O/c1-12-8-4-3-6-10-7-5-9-13-11(10)14-2/h5,7,9,12H,4,8H2,1-2H3. The molecule has 0 amide bonds. The van der Waals surface area contributed by atoms with E-state index in [0.717, 1.165) is 18.5 Å². The fraction of sp³-hybridized carbons (Fsp3) is 0.364. The lowest BCUT2D eigenvalue weighted by Gasteiger charge is -1.99. The van der Waals surface area contributed by atoms with Crippen molar-refractivity contribution in [2.45, 2.75) is 6.42 Å². The highest BCUT2D eigenvalue weighted by atomic mass is 16.5. The maximum Gasteiger partial charge on any atom is 0.229 e. The van der Waals surface area contributed by atoms with E-state index >= 15 is 0 Å². The number of ether oxygens (including phenoxy) is 1. The van der Waals surface area contributed by atoms with Crippen molar-refractivity contribution in [3.05, 3.63) is 23.9 Å². The lowest BCUT2D eigenvalue weighted by molar-refractivity contribution is 0.396. The summed E-state index contributed by atoms with van der Waals surface area (Å²) in [5.74, 6) is 6.65. The van der Waals surface area contributed by atoms with Crippen LogP contribution in [0, 0.1) is 11.8 Å². The van der Waals surface area contributed by atoms with Crippen molar-refractivity contribution in [2.75, 3.05) is 20.7 Å². The summed E-state index contributed by atoms with van der Waals surface area (Å²) >= 11 is 0. The Balaban J connectivity index is 2.68. The van der Waals surface area contributed by atoms with Crippen molar-refractivity contribution in [1.82, 2.24) is 10.3 Å². The number of methoxy groups -OCH3 is 1. The molecule has 1 rings (SSSR count). The molecule has 0 aliphatic carbocycles. The largest absolute Gasteiger partial charge is 0.480 e. The first-order chi connectivity index (χ1) is 6.88. The van der Waals surface area contributed by atoms with E-state index in [2.05, 4.69) is 22.1 Å². The normalized spacial score (nSPS) is 9.00. The summed E-state index contributed by atoms with van der Waals surface area (Å²) in [5, 5.41) is 3.03. The first kappa shape index (κ1) is 10.6. The molecule has 1 aromatic heterocycles. The second-order valence-electron chi connectivity index (χ2n) is 2.72. The van der Waals surface area contributed by atoms with E-state index in [1.165, 1.54) is 0 Å². The van der Waals surface area contributed by atoms with Gasteiger partial charge in [0.1, 0.15) is 0 Å². The van der Waals surface area contributed by atoms with Gasteiger partial charge in [0.05, 0.1) is 12.7 Å². The smallest absolute Gasteiger partial charge is 0.229 e. The molecule has 0 radical (unpaired) electrons. The highest BCUT2D eigenvalue weighted by Crippen LogP contribution is 2.11. The summed E-state index contributed by atoms with van der Waals surface area (Å²) in [6.45, 7) is 0.898. The van der Waals surface area contributed by atoms with Gasteiger partial charge >= 0.3 is 0 Å². The Morgan fingerprint density at radius 1 is 1.57 bits per heavy atom. The molecule has 3 nitrogen and oxygen atoms in total. The number of hydrogen-bond donors (Lipinski definition) is 1. The summed E-state index contributed by atoms with van der Waals surface area (Å²) in [6, 6.07) is 3.75. The predicted molar refractivity (Wildman–Crippen MR) is 56.2 cm³/mol. The molecule has 0 bridgehead atoms. The van der Waals surface area contributed by atoms with Crippen molar-refractivity contribution < 1.29 is 4.74 Å². The molecule has 0 saturated carbocycles. The van der Waals surface area contributed by atoms with Crippen molar-refractivity contribution in [3.8, 4) is 17.7 Å². The van der Waals surface area contributed by atoms with Crippen LogP contribution in [-0.2, 0) is 0 Å². The monoisotopic (exact) mass is 190 g/mol. The molecule has 0 fully saturated rings. The van der Waals surface area contributed by atoms with E-state index in [9.17, 15) is 0 Å². The first-order valence-electron chi connectivity index (χ1n) is 4.51. The molecule has 0 saturated heterocycles. The number of aromatic nitrogens is 1. The zero-order valence-corrected chi connectivity index (χ0v) is 8.50. The minimum Gasteiger partial charge on any atom is -0.480 e. The molecule has 0 aromatic carbocycles. The molecular formula is C11H14N2O. The zero-order chi connectivity index (χ0) is 10.2. The molecule has 1 heterocycles. The molecule has 0 atom stereocenters. The van der Waals surface area contributed by atoms with Gasteiger partial charge in [0.15, 0.2) is 0 Å². The lowest BCUT2D eigenvalue weighted by atomic mass is 10.2. The Morgan fingerprint density at radius 2 is 2.43 bits per heavy atom. The van der Waals surface area contributed by atoms with Gasteiger partial charge < -0.3 is 10.1 Å². The van der Waals surface area contributed by atoms with Gasteiger partial charge in [-0.1, -0.05) is 11.8 Å². The molecule has 1 aromatic rings. The highest BCUT2D eigenvalue weighted by molar-refractivity contribution is 5.41. The van der Waals surface area contributed by atoms with E-state index in [1.807, 2.05) is 19.2 Å². The van der Waals surface area contributed by atoms with E-state index in [4.69, 9.17) is 4.74 Å². The maximum atomic E-state index is 5.07. The SMILES string of the molecule is CNCCC#Cc1cccnc1OC. The van der Waals surface area contributed by atoms with Gasteiger partial charge in [0.2, 0.25) is 5.88 Å². The predicted octanol–water partition coefficient (Wildman–Crippen LogP) is 1.05. The van der Waals surface area contributed by atoms with E-state index in [1.54, 1.807) is 13.3 Å². The van der Waals surface area contributed by atoms with Crippen LogP contribution in [0.2, 0.25) is 0 Å². The summed E-state index contributed by atoms with van der Waals surface area (Å²) in [7, 11) is 3.51. The van der Waals surface area contributed by atoms with Crippen LogP contribution >= 0.6 is 0 Å². The number of rotatable bonds is 3. The summed E-state index contributed by atoms with van der Waals surface area (Å²) < 4.78 is 5.07. The molecule has 14 heavy (non-hydrogen) atoms. The van der Waals surface area contributed by atoms with Gasteiger partial charge in [-0.15, -0.1) is 0 Å². The van der Waals surface area contributed by atoms with Gasteiger partial charge in [-0.2, -0.15) is 0 Å². The van der Waals surface area contributed by atoms with Crippen LogP contribution in [0.1, 0.15) is 12.0 Å². The molecular weight excluding hydrogens is 176 g/mol. The van der Waals surface area contributed by atoms with Crippen molar-refractivity contribution in [1.29, 1.82) is 0 Å². The van der Waals surface area contributed by atoms with E-state index in [0.29, 0.717) is 5.88 Å². The summed E-state index contributed by atoms with van der Waals surface area (Å²) in [6.07, 6.45) is 2.52. The van der Waals surface area contributed by atoms with Crippen LogP contribution in [0.3, 0.4) is 0 Å². The Bertz CT molecular complexity index is 339. The second kappa shape index (κ2) is 6.01. The van der Waals surface area contributed by atoms with Crippen LogP contribution in [0.4, 0.5) is 0 Å². The van der Waals surface area contributed by atoms with Gasteiger partial charge in [-0.05, 0) is 19.2 Å². The Morgan fingerprint density at radius 3 is 3.14 bits per heavy atom. The first-order valence-corrected chi connectivity index (χ1v) is 4.51. The highest BCUT2D eigenvalue weighted by Gasteiger charge is 1.97. The van der Waals surface area contributed by atoms with Crippen LogP contribution in [0.25, 0.3) is 0 Å². The van der Waals surface area contributed by atoms with Crippen LogP contribution < -0.4 is 10.1 Å². The molecule has 3 heteroatoms. The third-order valence-corrected chi connectivity index (χ3v) is 1.69. The molecule has 0 aliphatic heterocycles. The van der Waals surface area contributed by atoms with E-state index in [-0.39, 0.29) is 0 Å². The summed E-state index contributed by atoms with van der Waals surface area (Å²) in [4.78, 5) is 4.06. The quantitative estimate of drug-likeness (QED) is 0.571. The number of hydrogen-bond acceptors (Lipinski definition) is 3. The minimum absolute atomic E-state index is 0.587. The number of pyridine rings is 1. The van der Waals surface area contributed by atoms with Crippen LogP contribution in [0.5, 0.6) is 5.88 Å². The molecule has 0 aliphatic rings. The van der Waals surface area contributed by atoms with Gasteiger partial charge in [0, 0.05) is 19.2 Å². The fourth-order valence-electron chi connectivity index (χ4n) is 0.994. The van der Waals surface area contributed by atoms with Crippen LogP contribution in [-0.4, -0.2) is 25.7 Å². The van der Waals surface area contributed by atoms with Gasteiger partial charge in [-0.25, -0.2) is 4.98 Å². The van der Waals surface area contributed by atoms with E-state index < -0.39 is 0 Å². The maximum absolute atomic E-state index is 5.07. The number of nitrogens with one attached hydrogen (secondary N) is 1. The van der Waals surface area contributed by atoms with Crippen molar-refractivity contribution in [2.24, 2.45) is 0 Å². The average Bonchev–Trinajstić information content (AvgIpc) is 2.25. The Hall–Kier alpha value is -1.53. The van der Waals surface area contributed by atoms with Gasteiger partial charge in [0.25, 0.3) is 0 Å². The summed E-state index contributed by atoms with van der Waals surface area (Å²) in [5.41, 5.74) is 0.839. The lowest BCUT2D eigenvalue weighted by Crippen LogP contribution is -2.05. The third kappa shape index (κ3) is 3.08. The van der Waals surface area contributed by atoms with Crippen molar-refractivity contribution >= 4 is 0 Å². The Kier molecular flexibility index (Phi) is 4.53. The second-order valence-corrected chi connectivity index (χ2v) is 2.72. The van der Waals surface area contributed by atoms with Gasteiger partial charge in [-0.3, -0.25) is 0 Å².